The van der Waals surface area contributed by atoms with Gasteiger partial charge in [-0.25, -0.2) is 0 Å². The van der Waals surface area contributed by atoms with Crippen LogP contribution >= 0.6 is 0 Å². The van der Waals surface area contributed by atoms with Crippen LogP contribution in [0.25, 0.3) is 0 Å². The molecule has 88 valence electrons. The third-order valence-electron chi connectivity index (χ3n) is 2.27. The van der Waals surface area contributed by atoms with Crippen LogP contribution in [-0.2, 0) is 9.53 Å². The van der Waals surface area contributed by atoms with E-state index >= 15 is 0 Å². The number of nitrogens with one attached hydrogen (secondary N) is 1. The maximum absolute atomic E-state index is 10.7. The molecule has 0 spiro atoms. The van der Waals surface area contributed by atoms with Crippen molar-refractivity contribution in [2.24, 2.45) is 0 Å². The minimum Gasteiger partial charge on any atom is -0.394 e. The van der Waals surface area contributed by atoms with E-state index in [1.165, 1.54) is 6.92 Å². The first-order valence-electron chi connectivity index (χ1n) is 4.55. The highest BCUT2D eigenvalue weighted by Gasteiger charge is 2.43. The highest BCUT2D eigenvalue weighted by Crippen LogP contribution is 2.19. The molecule has 5 N–H and O–H groups in total. The molecule has 1 heterocycles. The van der Waals surface area contributed by atoms with Crippen LogP contribution in [0.2, 0.25) is 0 Å². The smallest absolute Gasteiger partial charge is 0.217 e. The molecule has 1 unspecified atom stereocenters. The van der Waals surface area contributed by atoms with Gasteiger partial charge in [0.05, 0.1) is 6.61 Å². The molecule has 15 heavy (non-hydrogen) atoms. The average Bonchev–Trinajstić information content (AvgIpc) is 2.18. The Balaban J connectivity index is 2.70. The molecule has 0 aromatic rings. The number of amides is 1. The quantitative estimate of drug-likeness (QED) is 0.337. The monoisotopic (exact) mass is 221 g/mol. The fourth-order valence-corrected chi connectivity index (χ4v) is 1.49. The summed E-state index contributed by atoms with van der Waals surface area (Å²) in [5.41, 5.74) is 0. The SMILES string of the molecule is CC(=O)NC1[C@H](O)O[C@H](CO)[C@H](O)[C@@H]1O. The zero-order chi connectivity index (χ0) is 11.6. The molecule has 1 fully saturated rings. The standard InChI is InChI=1S/C8H15NO6/c1-3(11)9-5-7(13)6(12)4(2-10)15-8(5)14/h4-8,10,12-14H,2H2,1H3,(H,9,11)/t4-,5?,6+,7-,8-/m1/s1. The lowest BCUT2D eigenvalue weighted by atomic mass is 9.97. The third-order valence-corrected chi connectivity index (χ3v) is 2.27. The fourth-order valence-electron chi connectivity index (χ4n) is 1.49. The molecule has 0 saturated carbocycles. The lowest BCUT2D eigenvalue weighted by Crippen LogP contribution is -2.63. The minimum atomic E-state index is -1.45. The first kappa shape index (κ1) is 12.3. The maximum Gasteiger partial charge on any atom is 0.217 e. The van der Waals surface area contributed by atoms with Crippen LogP contribution in [-0.4, -0.2) is 63.6 Å². The predicted octanol–water partition coefficient (Wildman–Crippen LogP) is -3.08. The van der Waals surface area contributed by atoms with E-state index in [0.717, 1.165) is 0 Å². The molecule has 0 aliphatic carbocycles. The van der Waals surface area contributed by atoms with Crippen LogP contribution in [0.5, 0.6) is 0 Å². The summed E-state index contributed by atoms with van der Waals surface area (Å²) in [6, 6.07) is -1.10. The zero-order valence-electron chi connectivity index (χ0n) is 8.20. The maximum atomic E-state index is 10.7. The van der Waals surface area contributed by atoms with E-state index in [1.54, 1.807) is 0 Å². The van der Waals surface area contributed by atoms with Crippen molar-refractivity contribution in [2.45, 2.75) is 37.6 Å². The van der Waals surface area contributed by atoms with E-state index in [9.17, 15) is 20.1 Å². The number of carbonyl (C=O) groups excluding carboxylic acids is 1. The van der Waals surface area contributed by atoms with Gasteiger partial charge in [0.25, 0.3) is 0 Å². The molecule has 0 radical (unpaired) electrons. The highest BCUT2D eigenvalue weighted by molar-refractivity contribution is 5.73. The van der Waals surface area contributed by atoms with Gasteiger partial charge in [-0.2, -0.15) is 0 Å². The lowest BCUT2D eigenvalue weighted by molar-refractivity contribution is -0.253. The van der Waals surface area contributed by atoms with Crippen molar-refractivity contribution in [3.8, 4) is 0 Å². The van der Waals surface area contributed by atoms with Gasteiger partial charge < -0.3 is 30.5 Å². The van der Waals surface area contributed by atoms with E-state index in [4.69, 9.17) is 9.84 Å². The van der Waals surface area contributed by atoms with Gasteiger partial charge in [-0.15, -0.1) is 0 Å². The van der Waals surface area contributed by atoms with E-state index in [-0.39, 0.29) is 0 Å². The van der Waals surface area contributed by atoms with Gasteiger partial charge in [-0.3, -0.25) is 4.79 Å². The second kappa shape index (κ2) is 4.86. The number of hydrogen-bond donors (Lipinski definition) is 5. The number of ether oxygens (including phenoxy) is 1. The van der Waals surface area contributed by atoms with Crippen LogP contribution in [0.15, 0.2) is 0 Å². The number of aliphatic hydroxyl groups excluding tert-OH is 4. The first-order valence-corrected chi connectivity index (χ1v) is 4.55. The Bertz CT molecular complexity index is 235. The molecule has 1 amide bonds. The molecule has 7 heteroatoms. The summed E-state index contributed by atoms with van der Waals surface area (Å²) in [6.07, 6.45) is -5.24. The van der Waals surface area contributed by atoms with Crippen LogP contribution in [0, 0.1) is 0 Å². The summed E-state index contributed by atoms with van der Waals surface area (Å²) in [7, 11) is 0. The largest absolute Gasteiger partial charge is 0.394 e. The van der Waals surface area contributed by atoms with Crippen molar-refractivity contribution >= 4 is 5.91 Å². The van der Waals surface area contributed by atoms with Crippen molar-refractivity contribution in [1.82, 2.24) is 5.32 Å². The summed E-state index contributed by atoms with van der Waals surface area (Å²) in [5, 5.41) is 39.4. The fraction of sp³-hybridized carbons (Fsp3) is 0.875. The summed E-state index contributed by atoms with van der Waals surface area (Å²) < 4.78 is 4.81. The molecule has 1 rings (SSSR count). The van der Waals surface area contributed by atoms with Crippen molar-refractivity contribution in [1.29, 1.82) is 0 Å². The predicted molar refractivity (Wildman–Crippen MR) is 47.6 cm³/mol. The van der Waals surface area contributed by atoms with Crippen LogP contribution in [0.4, 0.5) is 0 Å². The molecule has 0 aromatic heterocycles. The van der Waals surface area contributed by atoms with Gasteiger partial charge in [0, 0.05) is 6.92 Å². The summed E-state index contributed by atoms with van der Waals surface area (Å²) in [5.74, 6) is -0.462. The molecule has 7 nitrogen and oxygen atoms in total. The van der Waals surface area contributed by atoms with Crippen LogP contribution < -0.4 is 5.32 Å². The number of rotatable bonds is 2. The first-order chi connectivity index (χ1) is 6.97. The Kier molecular flexibility index (Phi) is 4.00. The second-order valence-corrected chi connectivity index (χ2v) is 3.46. The van der Waals surface area contributed by atoms with Gasteiger partial charge in [-0.1, -0.05) is 0 Å². The minimum absolute atomic E-state index is 0.462. The van der Waals surface area contributed by atoms with Crippen molar-refractivity contribution in [2.75, 3.05) is 6.61 Å². The van der Waals surface area contributed by atoms with Gasteiger partial charge in [0.15, 0.2) is 6.29 Å². The molecule has 1 aliphatic heterocycles. The van der Waals surface area contributed by atoms with Gasteiger partial charge in [0.2, 0.25) is 5.91 Å². The second-order valence-electron chi connectivity index (χ2n) is 3.46. The van der Waals surface area contributed by atoms with E-state index in [1.807, 2.05) is 0 Å². The molecule has 1 aliphatic rings. The Labute approximate surface area is 86.3 Å². The molecule has 0 bridgehead atoms. The number of carbonyl (C=O) groups is 1. The van der Waals surface area contributed by atoms with E-state index in [2.05, 4.69) is 5.32 Å². The summed E-state index contributed by atoms with van der Waals surface area (Å²) in [4.78, 5) is 10.7. The normalized spacial score (nSPS) is 41.3. The lowest BCUT2D eigenvalue weighted by Gasteiger charge is -2.40. The molecule has 1 saturated heterocycles. The highest BCUT2D eigenvalue weighted by atomic mass is 16.6. The summed E-state index contributed by atoms with van der Waals surface area (Å²) >= 11 is 0. The Morgan fingerprint density at radius 3 is 2.40 bits per heavy atom. The van der Waals surface area contributed by atoms with Crippen molar-refractivity contribution < 1.29 is 30.0 Å². The average molecular weight is 221 g/mol. The van der Waals surface area contributed by atoms with Crippen molar-refractivity contribution in [3.63, 3.8) is 0 Å². The molecule has 0 aromatic carbocycles. The van der Waals surface area contributed by atoms with Gasteiger partial charge >= 0.3 is 0 Å². The van der Waals surface area contributed by atoms with E-state index < -0.39 is 43.2 Å². The Morgan fingerprint density at radius 1 is 1.33 bits per heavy atom. The summed E-state index contributed by atoms with van der Waals surface area (Å²) in [6.45, 7) is 0.687. The van der Waals surface area contributed by atoms with Gasteiger partial charge in [0.1, 0.15) is 24.4 Å². The molecular weight excluding hydrogens is 206 g/mol. The van der Waals surface area contributed by atoms with E-state index in [0.29, 0.717) is 0 Å². The Hall–Kier alpha value is -0.730. The number of hydrogen-bond acceptors (Lipinski definition) is 6. The van der Waals surface area contributed by atoms with Crippen LogP contribution in [0.3, 0.4) is 0 Å². The van der Waals surface area contributed by atoms with Crippen molar-refractivity contribution in [3.05, 3.63) is 0 Å². The third kappa shape index (κ3) is 2.64. The zero-order valence-corrected chi connectivity index (χ0v) is 8.20. The molecule has 5 atom stereocenters. The topological polar surface area (TPSA) is 119 Å². The number of aliphatic hydroxyl groups is 4. The Morgan fingerprint density at radius 2 is 1.93 bits per heavy atom. The van der Waals surface area contributed by atoms with Crippen LogP contribution in [0.1, 0.15) is 6.92 Å². The molecular formula is C8H15NO6. The van der Waals surface area contributed by atoms with Gasteiger partial charge in [-0.05, 0) is 0 Å².